The van der Waals surface area contributed by atoms with Crippen molar-refractivity contribution in [3.8, 4) is 11.5 Å². The lowest BCUT2D eigenvalue weighted by molar-refractivity contribution is 0.0738. The fourth-order valence-electron chi connectivity index (χ4n) is 3.07. The topological polar surface area (TPSA) is 51.7 Å². The molecule has 5 nitrogen and oxygen atoms in total. The normalized spacial score (nSPS) is 17.3. The fourth-order valence-corrected chi connectivity index (χ4v) is 3.83. The number of amides is 1. The standard InChI is InChI=1S/C17H20N2O3S/c1-11-16(23-10-18-11)17(20)19-8-4-5-14(19)13-9-12(21-2)6-7-15(13)22-3/h6-7,9-10,14H,4-5,8H2,1-3H3/t14-/m0/s1. The summed E-state index contributed by atoms with van der Waals surface area (Å²) in [5.41, 5.74) is 3.52. The molecule has 1 aliphatic rings. The average molecular weight is 332 g/mol. The first kappa shape index (κ1) is 15.8. The van der Waals surface area contributed by atoms with Crippen molar-refractivity contribution in [1.82, 2.24) is 9.88 Å². The lowest BCUT2D eigenvalue weighted by Gasteiger charge is -2.26. The van der Waals surface area contributed by atoms with E-state index in [-0.39, 0.29) is 11.9 Å². The Balaban J connectivity index is 1.96. The van der Waals surface area contributed by atoms with Crippen molar-refractivity contribution in [3.05, 3.63) is 39.8 Å². The molecular weight excluding hydrogens is 312 g/mol. The number of likely N-dealkylation sites (tertiary alicyclic amines) is 1. The van der Waals surface area contributed by atoms with Crippen LogP contribution in [0.5, 0.6) is 11.5 Å². The van der Waals surface area contributed by atoms with E-state index < -0.39 is 0 Å². The zero-order valence-electron chi connectivity index (χ0n) is 13.5. The highest BCUT2D eigenvalue weighted by Crippen LogP contribution is 2.40. The number of benzene rings is 1. The van der Waals surface area contributed by atoms with Crippen molar-refractivity contribution in [1.29, 1.82) is 0 Å². The Labute approximate surface area is 139 Å². The first-order valence-electron chi connectivity index (χ1n) is 7.58. The van der Waals surface area contributed by atoms with E-state index in [0.717, 1.165) is 47.0 Å². The van der Waals surface area contributed by atoms with Crippen molar-refractivity contribution in [2.24, 2.45) is 0 Å². The Hall–Kier alpha value is -2.08. The van der Waals surface area contributed by atoms with Gasteiger partial charge in [-0.1, -0.05) is 0 Å². The van der Waals surface area contributed by atoms with Crippen LogP contribution in [-0.4, -0.2) is 36.6 Å². The SMILES string of the molecule is COc1ccc(OC)c([C@@H]2CCCN2C(=O)c2scnc2C)c1. The maximum Gasteiger partial charge on any atom is 0.266 e. The van der Waals surface area contributed by atoms with Gasteiger partial charge in [-0.2, -0.15) is 0 Å². The summed E-state index contributed by atoms with van der Waals surface area (Å²) >= 11 is 1.40. The van der Waals surface area contributed by atoms with Crippen molar-refractivity contribution in [2.75, 3.05) is 20.8 Å². The van der Waals surface area contributed by atoms with Gasteiger partial charge in [0, 0.05) is 12.1 Å². The Bertz CT molecular complexity index is 714. The van der Waals surface area contributed by atoms with Gasteiger partial charge in [0.2, 0.25) is 0 Å². The Kier molecular flexibility index (Phi) is 4.52. The van der Waals surface area contributed by atoms with Gasteiger partial charge in [-0.3, -0.25) is 4.79 Å². The lowest BCUT2D eigenvalue weighted by atomic mass is 10.0. The molecule has 1 aromatic heterocycles. The van der Waals surface area contributed by atoms with E-state index >= 15 is 0 Å². The monoisotopic (exact) mass is 332 g/mol. The molecule has 1 atom stereocenters. The maximum atomic E-state index is 12.9. The van der Waals surface area contributed by atoms with Gasteiger partial charge >= 0.3 is 0 Å². The van der Waals surface area contributed by atoms with Crippen LogP contribution in [0.4, 0.5) is 0 Å². The van der Waals surface area contributed by atoms with Gasteiger partial charge in [-0.15, -0.1) is 11.3 Å². The number of aromatic nitrogens is 1. The summed E-state index contributed by atoms with van der Waals surface area (Å²) in [6.45, 7) is 2.63. The van der Waals surface area contributed by atoms with Gasteiger partial charge < -0.3 is 14.4 Å². The molecule has 0 N–H and O–H groups in total. The summed E-state index contributed by atoms with van der Waals surface area (Å²) < 4.78 is 10.8. The van der Waals surface area contributed by atoms with Crippen molar-refractivity contribution in [3.63, 3.8) is 0 Å². The smallest absolute Gasteiger partial charge is 0.266 e. The summed E-state index contributed by atoms with van der Waals surface area (Å²) in [5, 5.41) is 0. The molecule has 1 amide bonds. The predicted octanol–water partition coefficient (Wildman–Crippen LogP) is 3.45. The van der Waals surface area contributed by atoms with E-state index in [1.165, 1.54) is 11.3 Å². The molecule has 2 aromatic rings. The molecule has 6 heteroatoms. The number of methoxy groups -OCH3 is 2. The van der Waals surface area contributed by atoms with Crippen LogP contribution in [0.3, 0.4) is 0 Å². The molecule has 0 bridgehead atoms. The second kappa shape index (κ2) is 6.58. The summed E-state index contributed by atoms with van der Waals surface area (Å²) in [4.78, 5) is 19.7. The van der Waals surface area contributed by atoms with E-state index in [1.54, 1.807) is 19.7 Å². The minimum Gasteiger partial charge on any atom is -0.497 e. The number of carbonyl (C=O) groups excluding carboxylic acids is 1. The van der Waals surface area contributed by atoms with Crippen LogP contribution >= 0.6 is 11.3 Å². The molecule has 0 spiro atoms. The summed E-state index contributed by atoms with van der Waals surface area (Å²) in [7, 11) is 3.30. The Morgan fingerprint density at radius 2 is 2.17 bits per heavy atom. The minimum atomic E-state index is 0.00838. The van der Waals surface area contributed by atoms with Gasteiger partial charge in [0.05, 0.1) is 31.5 Å². The highest BCUT2D eigenvalue weighted by atomic mass is 32.1. The van der Waals surface area contributed by atoms with Crippen molar-refractivity contribution >= 4 is 17.2 Å². The number of thiazole rings is 1. The molecule has 0 radical (unpaired) electrons. The van der Waals surface area contributed by atoms with Crippen LogP contribution in [0.2, 0.25) is 0 Å². The summed E-state index contributed by atoms with van der Waals surface area (Å²) in [6.07, 6.45) is 1.90. The molecule has 2 heterocycles. The molecule has 1 fully saturated rings. The Morgan fingerprint density at radius 3 is 2.83 bits per heavy atom. The number of nitrogens with zero attached hydrogens (tertiary/aromatic N) is 2. The minimum absolute atomic E-state index is 0.00838. The van der Waals surface area contributed by atoms with Crippen LogP contribution in [0.15, 0.2) is 23.7 Å². The fraction of sp³-hybridized carbons (Fsp3) is 0.412. The molecule has 1 saturated heterocycles. The number of carbonyl (C=O) groups is 1. The van der Waals surface area contributed by atoms with Gasteiger partial charge in [-0.25, -0.2) is 4.98 Å². The van der Waals surface area contributed by atoms with Crippen LogP contribution in [0.1, 0.15) is 39.8 Å². The lowest BCUT2D eigenvalue weighted by Crippen LogP contribution is -2.30. The first-order chi connectivity index (χ1) is 11.2. The van der Waals surface area contributed by atoms with Gasteiger partial charge in [-0.05, 0) is 38.0 Å². The summed E-state index contributed by atoms with van der Waals surface area (Å²) in [6, 6.07) is 5.74. The molecule has 1 aliphatic heterocycles. The largest absolute Gasteiger partial charge is 0.497 e. The van der Waals surface area contributed by atoms with E-state index in [0.29, 0.717) is 0 Å². The zero-order valence-corrected chi connectivity index (χ0v) is 14.4. The Morgan fingerprint density at radius 1 is 1.35 bits per heavy atom. The molecule has 122 valence electrons. The third kappa shape index (κ3) is 2.91. The van der Waals surface area contributed by atoms with E-state index in [2.05, 4.69) is 4.98 Å². The van der Waals surface area contributed by atoms with Gasteiger partial charge in [0.1, 0.15) is 16.4 Å². The molecule has 1 aromatic carbocycles. The van der Waals surface area contributed by atoms with Crippen LogP contribution in [-0.2, 0) is 0 Å². The molecule has 0 aliphatic carbocycles. The second-order valence-corrected chi connectivity index (χ2v) is 6.39. The zero-order chi connectivity index (χ0) is 16.4. The molecule has 3 rings (SSSR count). The average Bonchev–Trinajstić information content (AvgIpc) is 3.22. The molecule has 23 heavy (non-hydrogen) atoms. The van der Waals surface area contributed by atoms with Crippen LogP contribution in [0.25, 0.3) is 0 Å². The number of aryl methyl sites for hydroxylation is 1. The second-order valence-electron chi connectivity index (χ2n) is 5.53. The van der Waals surface area contributed by atoms with Crippen molar-refractivity contribution < 1.29 is 14.3 Å². The first-order valence-corrected chi connectivity index (χ1v) is 8.46. The third-order valence-electron chi connectivity index (χ3n) is 4.25. The number of rotatable bonds is 4. The van der Waals surface area contributed by atoms with Crippen LogP contribution < -0.4 is 9.47 Å². The third-order valence-corrected chi connectivity index (χ3v) is 5.17. The number of hydrogen-bond acceptors (Lipinski definition) is 5. The highest BCUT2D eigenvalue weighted by Gasteiger charge is 2.33. The van der Waals surface area contributed by atoms with Crippen LogP contribution in [0, 0.1) is 6.92 Å². The number of ether oxygens (including phenoxy) is 2. The predicted molar refractivity (Wildman–Crippen MR) is 89.4 cm³/mol. The quantitative estimate of drug-likeness (QED) is 0.860. The molecule has 0 unspecified atom stereocenters. The van der Waals surface area contributed by atoms with E-state index in [9.17, 15) is 4.79 Å². The van der Waals surface area contributed by atoms with Gasteiger partial charge in [0.15, 0.2) is 0 Å². The maximum absolute atomic E-state index is 12.9. The van der Waals surface area contributed by atoms with E-state index in [1.807, 2.05) is 30.0 Å². The highest BCUT2D eigenvalue weighted by molar-refractivity contribution is 7.11. The molecular formula is C17H20N2O3S. The summed E-state index contributed by atoms with van der Waals surface area (Å²) in [5.74, 6) is 1.61. The van der Waals surface area contributed by atoms with E-state index in [4.69, 9.17) is 9.47 Å². The number of hydrogen-bond donors (Lipinski definition) is 0. The van der Waals surface area contributed by atoms with Gasteiger partial charge in [0.25, 0.3) is 5.91 Å². The van der Waals surface area contributed by atoms with Crippen molar-refractivity contribution in [2.45, 2.75) is 25.8 Å². The molecule has 0 saturated carbocycles.